The topological polar surface area (TPSA) is 66.9 Å². The Morgan fingerprint density at radius 1 is 0.686 bits per heavy atom. The smallest absolute Gasteiger partial charge is 0.343 e. The average molecular weight is 463 g/mol. The van der Waals surface area contributed by atoms with Gasteiger partial charge in [-0.2, -0.15) is 0 Å². The van der Waals surface area contributed by atoms with Crippen LogP contribution in [0.25, 0.3) is 16.8 Å². The lowest BCUT2D eigenvalue weighted by Gasteiger charge is -2.34. The zero-order valence-electron chi connectivity index (χ0n) is 19.0. The quantitative estimate of drug-likeness (QED) is 0.277. The molecule has 1 fully saturated rings. The second kappa shape index (κ2) is 9.27. The number of rotatable bonds is 5. The van der Waals surface area contributed by atoms with E-state index in [4.69, 9.17) is 4.74 Å². The molecule has 1 saturated heterocycles. The number of carbonyl (C=O) groups excluding carboxylic acids is 3. The number of amides is 4. The van der Waals surface area contributed by atoms with Crippen molar-refractivity contribution in [2.24, 2.45) is 0 Å². The molecule has 0 radical (unpaired) electrons. The number of para-hydroxylation sites is 2. The molecule has 172 valence electrons. The molecule has 5 rings (SSSR count). The summed E-state index contributed by atoms with van der Waals surface area (Å²) in [4.78, 5) is 42.9. The van der Waals surface area contributed by atoms with Gasteiger partial charge in [-0.1, -0.05) is 66.7 Å². The molecule has 1 heterocycles. The van der Waals surface area contributed by atoms with Crippen LogP contribution in [0.1, 0.15) is 12.5 Å². The molecule has 1 aliphatic rings. The summed E-state index contributed by atoms with van der Waals surface area (Å²) in [7, 11) is 0. The highest BCUT2D eigenvalue weighted by Gasteiger charge is 2.43. The Morgan fingerprint density at radius 3 is 1.80 bits per heavy atom. The fourth-order valence-electron chi connectivity index (χ4n) is 4.19. The Kier molecular flexibility index (Phi) is 5.85. The summed E-state index contributed by atoms with van der Waals surface area (Å²) < 4.78 is 5.84. The van der Waals surface area contributed by atoms with E-state index in [0.29, 0.717) is 29.3 Å². The van der Waals surface area contributed by atoms with Crippen molar-refractivity contribution < 1.29 is 19.1 Å². The van der Waals surface area contributed by atoms with Gasteiger partial charge in [-0.05, 0) is 54.1 Å². The van der Waals surface area contributed by atoms with Crippen LogP contribution in [0.3, 0.4) is 0 Å². The lowest BCUT2D eigenvalue weighted by Crippen LogP contribution is -2.57. The SMILES string of the molecule is CCOc1ccc2ccccc2c1C=C1C(=O)N(c2ccccc2)C(=O)N(c2ccccc2)C1=O. The summed E-state index contributed by atoms with van der Waals surface area (Å²) in [5, 5.41) is 1.77. The summed E-state index contributed by atoms with van der Waals surface area (Å²) in [6, 6.07) is 27.9. The molecule has 0 spiro atoms. The third-order valence-electron chi connectivity index (χ3n) is 5.80. The lowest BCUT2D eigenvalue weighted by atomic mass is 9.99. The van der Waals surface area contributed by atoms with Crippen LogP contribution in [0.2, 0.25) is 0 Å². The van der Waals surface area contributed by atoms with Gasteiger partial charge in [-0.3, -0.25) is 9.59 Å². The molecule has 0 aliphatic carbocycles. The first-order valence-corrected chi connectivity index (χ1v) is 11.3. The van der Waals surface area contributed by atoms with Crippen LogP contribution in [-0.4, -0.2) is 24.5 Å². The first-order valence-electron chi connectivity index (χ1n) is 11.3. The van der Waals surface area contributed by atoms with Crippen LogP contribution in [0.15, 0.2) is 103 Å². The Bertz CT molecular complexity index is 1400. The highest BCUT2D eigenvalue weighted by Crippen LogP contribution is 2.34. The number of hydrogen-bond acceptors (Lipinski definition) is 4. The molecule has 0 N–H and O–H groups in total. The third kappa shape index (κ3) is 3.95. The zero-order chi connectivity index (χ0) is 24.4. The average Bonchev–Trinajstić information content (AvgIpc) is 2.89. The van der Waals surface area contributed by atoms with Crippen molar-refractivity contribution in [2.45, 2.75) is 6.92 Å². The largest absolute Gasteiger partial charge is 0.493 e. The van der Waals surface area contributed by atoms with E-state index in [1.54, 1.807) is 60.7 Å². The standard InChI is InChI=1S/C29H22N2O4/c1-2-35-26-18-17-20-11-9-10-16-23(20)24(26)19-25-27(32)30(21-12-5-3-6-13-21)29(34)31(28(25)33)22-14-7-4-8-15-22/h3-19H,2H2,1H3. The van der Waals surface area contributed by atoms with Crippen molar-refractivity contribution in [1.29, 1.82) is 0 Å². The molecule has 6 heteroatoms. The lowest BCUT2D eigenvalue weighted by molar-refractivity contribution is -0.121. The molecule has 6 nitrogen and oxygen atoms in total. The molecule has 4 aromatic carbocycles. The van der Waals surface area contributed by atoms with Crippen LogP contribution in [0.5, 0.6) is 5.75 Å². The second-order valence-electron chi connectivity index (χ2n) is 7.92. The van der Waals surface area contributed by atoms with Gasteiger partial charge in [0.25, 0.3) is 11.8 Å². The van der Waals surface area contributed by atoms with Gasteiger partial charge in [0, 0.05) is 5.56 Å². The minimum atomic E-state index is -0.725. The number of carbonyl (C=O) groups is 3. The van der Waals surface area contributed by atoms with Crippen LogP contribution in [0, 0.1) is 0 Å². The normalized spacial score (nSPS) is 14.0. The molecular formula is C29H22N2O4. The number of benzene rings is 4. The van der Waals surface area contributed by atoms with Crippen LogP contribution in [-0.2, 0) is 9.59 Å². The van der Waals surface area contributed by atoms with Gasteiger partial charge < -0.3 is 4.74 Å². The highest BCUT2D eigenvalue weighted by molar-refractivity contribution is 6.46. The summed E-state index contributed by atoms with van der Waals surface area (Å²) in [5.41, 5.74) is 1.24. The number of urea groups is 1. The first kappa shape index (κ1) is 22.1. The maximum Gasteiger partial charge on any atom is 0.343 e. The molecule has 0 bridgehead atoms. The van der Waals surface area contributed by atoms with Crippen molar-refractivity contribution in [3.63, 3.8) is 0 Å². The minimum Gasteiger partial charge on any atom is -0.493 e. The van der Waals surface area contributed by atoms with E-state index in [1.807, 2.05) is 43.3 Å². The number of nitrogens with zero attached hydrogens (tertiary/aromatic N) is 2. The summed E-state index contributed by atoms with van der Waals surface area (Å²) >= 11 is 0. The van der Waals surface area contributed by atoms with E-state index in [9.17, 15) is 14.4 Å². The zero-order valence-corrected chi connectivity index (χ0v) is 19.0. The van der Waals surface area contributed by atoms with E-state index in [1.165, 1.54) is 6.08 Å². The molecule has 1 aliphatic heterocycles. The molecule has 0 atom stereocenters. The van der Waals surface area contributed by atoms with Gasteiger partial charge in [-0.25, -0.2) is 14.6 Å². The number of imide groups is 2. The predicted molar refractivity (Wildman–Crippen MR) is 136 cm³/mol. The molecule has 4 amide bonds. The Hall–Kier alpha value is -4.71. The Labute approximate surface area is 202 Å². The maximum absolute atomic E-state index is 13.7. The molecule has 35 heavy (non-hydrogen) atoms. The van der Waals surface area contributed by atoms with E-state index in [-0.39, 0.29) is 5.57 Å². The predicted octanol–water partition coefficient (Wildman–Crippen LogP) is 5.82. The van der Waals surface area contributed by atoms with Gasteiger partial charge in [-0.15, -0.1) is 0 Å². The van der Waals surface area contributed by atoms with Crippen molar-refractivity contribution in [3.8, 4) is 5.75 Å². The van der Waals surface area contributed by atoms with Gasteiger partial charge >= 0.3 is 6.03 Å². The number of barbiturate groups is 1. The van der Waals surface area contributed by atoms with E-state index >= 15 is 0 Å². The molecular weight excluding hydrogens is 440 g/mol. The summed E-state index contributed by atoms with van der Waals surface area (Å²) in [5.74, 6) is -0.823. The van der Waals surface area contributed by atoms with Gasteiger partial charge in [0.05, 0.1) is 18.0 Å². The summed E-state index contributed by atoms with van der Waals surface area (Å²) in [6.45, 7) is 2.29. The summed E-state index contributed by atoms with van der Waals surface area (Å²) in [6.07, 6.45) is 1.54. The van der Waals surface area contributed by atoms with Crippen LogP contribution < -0.4 is 14.5 Å². The van der Waals surface area contributed by atoms with E-state index in [0.717, 1.165) is 20.6 Å². The Balaban J connectivity index is 1.74. The second-order valence-corrected chi connectivity index (χ2v) is 7.92. The van der Waals surface area contributed by atoms with Crippen molar-refractivity contribution in [2.75, 3.05) is 16.4 Å². The van der Waals surface area contributed by atoms with E-state index in [2.05, 4.69) is 0 Å². The molecule has 0 saturated carbocycles. The van der Waals surface area contributed by atoms with Crippen molar-refractivity contribution >= 4 is 46.1 Å². The van der Waals surface area contributed by atoms with Gasteiger partial charge in [0.2, 0.25) is 0 Å². The molecule has 0 aromatic heterocycles. The maximum atomic E-state index is 13.7. The van der Waals surface area contributed by atoms with Crippen LogP contribution >= 0.6 is 0 Å². The van der Waals surface area contributed by atoms with Crippen LogP contribution in [0.4, 0.5) is 16.2 Å². The number of ether oxygens (including phenoxy) is 1. The molecule has 0 unspecified atom stereocenters. The first-order chi connectivity index (χ1) is 17.1. The molecule has 4 aromatic rings. The van der Waals surface area contributed by atoms with Crippen molar-refractivity contribution in [1.82, 2.24) is 0 Å². The van der Waals surface area contributed by atoms with Gasteiger partial charge in [0.1, 0.15) is 11.3 Å². The van der Waals surface area contributed by atoms with Crippen molar-refractivity contribution in [3.05, 3.63) is 108 Å². The Morgan fingerprint density at radius 2 is 1.23 bits per heavy atom. The van der Waals surface area contributed by atoms with E-state index < -0.39 is 17.8 Å². The fourth-order valence-corrected chi connectivity index (χ4v) is 4.19. The number of hydrogen-bond donors (Lipinski definition) is 0. The highest BCUT2D eigenvalue weighted by atomic mass is 16.5. The van der Waals surface area contributed by atoms with Gasteiger partial charge in [0.15, 0.2) is 0 Å². The monoisotopic (exact) mass is 462 g/mol. The third-order valence-corrected chi connectivity index (χ3v) is 5.80. The minimum absolute atomic E-state index is 0.130. The number of fused-ring (bicyclic) bond motifs is 1. The number of anilines is 2. The fraction of sp³-hybridized carbons (Fsp3) is 0.0690.